The number of hydrogen-bond donors (Lipinski definition) is 2. The molecule has 1 aromatic carbocycles. The Hall–Kier alpha value is -2.33. The molecule has 182 valence electrons. The maximum atomic E-state index is 13.0. The summed E-state index contributed by atoms with van der Waals surface area (Å²) in [7, 11) is 0. The molecule has 2 amide bonds. The van der Waals surface area contributed by atoms with E-state index in [1.807, 2.05) is 24.8 Å². The lowest BCUT2D eigenvalue weighted by Gasteiger charge is -2.26. The van der Waals surface area contributed by atoms with Crippen LogP contribution in [0.2, 0.25) is 0 Å². The molecule has 2 unspecified atom stereocenters. The van der Waals surface area contributed by atoms with Crippen molar-refractivity contribution >= 4 is 41.0 Å². The van der Waals surface area contributed by atoms with Crippen molar-refractivity contribution in [3.63, 3.8) is 0 Å². The minimum Gasteiger partial charge on any atom is -0.383 e. The van der Waals surface area contributed by atoms with Crippen molar-refractivity contribution in [2.75, 3.05) is 56.1 Å². The van der Waals surface area contributed by atoms with E-state index in [1.54, 1.807) is 4.90 Å². The second-order valence-electron chi connectivity index (χ2n) is 8.35. The van der Waals surface area contributed by atoms with E-state index in [4.69, 9.17) is 6.42 Å². The normalized spacial score (nSPS) is 21.5. The monoisotopic (exact) mass is 499 g/mol. The SMILES string of the molecule is C#CCNC(=O)CC(C#N)[C@@H]1SC(CNc2cccc(CCN3CCSCC3)c2)C(=O)N1CC. The number of carbonyl (C=O) groups is 2. The lowest BCUT2D eigenvalue weighted by atomic mass is 10.1. The number of benzene rings is 1. The Labute approximate surface area is 211 Å². The number of amides is 2. The highest BCUT2D eigenvalue weighted by Crippen LogP contribution is 2.37. The molecule has 2 N–H and O–H groups in total. The summed E-state index contributed by atoms with van der Waals surface area (Å²) < 4.78 is 0. The molecule has 3 atom stereocenters. The third-order valence-corrected chi connectivity index (χ3v) is 8.55. The van der Waals surface area contributed by atoms with Crippen LogP contribution in [0.3, 0.4) is 0 Å². The fraction of sp³-hybridized carbons (Fsp3) is 0.560. The quantitative estimate of drug-likeness (QED) is 0.452. The Kier molecular flexibility index (Phi) is 10.5. The first-order valence-electron chi connectivity index (χ1n) is 11.7. The molecule has 0 bridgehead atoms. The largest absolute Gasteiger partial charge is 0.383 e. The van der Waals surface area contributed by atoms with E-state index in [2.05, 4.69) is 45.7 Å². The van der Waals surface area contributed by atoms with E-state index >= 15 is 0 Å². The summed E-state index contributed by atoms with van der Waals surface area (Å²) in [5.41, 5.74) is 2.28. The van der Waals surface area contributed by atoms with Gasteiger partial charge in [-0.25, -0.2) is 0 Å². The Morgan fingerprint density at radius 1 is 1.35 bits per heavy atom. The van der Waals surface area contributed by atoms with Crippen LogP contribution in [0.25, 0.3) is 0 Å². The van der Waals surface area contributed by atoms with Gasteiger partial charge in [0.15, 0.2) is 0 Å². The zero-order chi connectivity index (χ0) is 24.3. The van der Waals surface area contributed by atoms with Crippen molar-refractivity contribution in [3.8, 4) is 18.4 Å². The average Bonchev–Trinajstić information content (AvgIpc) is 3.19. The second-order valence-corrected chi connectivity index (χ2v) is 10.9. The molecule has 0 aliphatic carbocycles. The molecule has 2 aliphatic rings. The van der Waals surface area contributed by atoms with Crippen molar-refractivity contribution < 1.29 is 9.59 Å². The summed E-state index contributed by atoms with van der Waals surface area (Å²) >= 11 is 3.49. The van der Waals surface area contributed by atoms with Crippen molar-refractivity contribution in [2.45, 2.75) is 30.4 Å². The van der Waals surface area contributed by atoms with E-state index in [1.165, 1.54) is 28.8 Å². The lowest BCUT2D eigenvalue weighted by molar-refractivity contribution is -0.130. The van der Waals surface area contributed by atoms with E-state index in [0.717, 1.165) is 31.7 Å². The minimum atomic E-state index is -0.590. The van der Waals surface area contributed by atoms with Gasteiger partial charge in [0.1, 0.15) is 5.25 Å². The van der Waals surface area contributed by atoms with Crippen LogP contribution in [0.5, 0.6) is 0 Å². The first-order chi connectivity index (χ1) is 16.5. The number of hydrogen-bond acceptors (Lipinski definition) is 7. The van der Waals surface area contributed by atoms with E-state index in [9.17, 15) is 14.9 Å². The van der Waals surface area contributed by atoms with Crippen LogP contribution in [-0.4, -0.2) is 83.0 Å². The van der Waals surface area contributed by atoms with Gasteiger partial charge in [0.2, 0.25) is 11.8 Å². The predicted octanol–water partition coefficient (Wildman–Crippen LogP) is 2.26. The third-order valence-electron chi connectivity index (χ3n) is 6.05. The Bertz CT molecular complexity index is 923. The first-order valence-corrected chi connectivity index (χ1v) is 13.8. The van der Waals surface area contributed by atoms with Crippen LogP contribution in [0.15, 0.2) is 24.3 Å². The molecular weight excluding hydrogens is 466 g/mol. The summed E-state index contributed by atoms with van der Waals surface area (Å²) in [5, 5.41) is 15.1. The standard InChI is InChI=1S/C25H33N5O2S2/c1-3-9-27-23(31)16-20(17-26)25-30(4-2)24(32)22(34-25)18-28-21-7-5-6-19(15-21)8-10-29-11-13-33-14-12-29/h1,5-7,15,20,22,25,28H,4,8-14,16,18H2,2H3,(H,27,31)/t20?,22?,25-/m0/s1. The van der Waals surface area contributed by atoms with Crippen molar-refractivity contribution in [1.82, 2.24) is 15.1 Å². The van der Waals surface area contributed by atoms with Crippen molar-refractivity contribution in [2.24, 2.45) is 5.92 Å². The molecule has 2 saturated heterocycles. The van der Waals surface area contributed by atoms with Crippen LogP contribution in [0.1, 0.15) is 18.9 Å². The van der Waals surface area contributed by atoms with E-state index < -0.39 is 5.92 Å². The Balaban J connectivity index is 1.55. The van der Waals surface area contributed by atoms with Crippen molar-refractivity contribution in [3.05, 3.63) is 29.8 Å². The van der Waals surface area contributed by atoms with Gasteiger partial charge < -0.3 is 20.4 Å². The van der Waals surface area contributed by atoms with Crippen LogP contribution in [-0.2, 0) is 16.0 Å². The van der Waals surface area contributed by atoms with Gasteiger partial charge in [0.25, 0.3) is 0 Å². The molecule has 2 fully saturated rings. The van der Waals surface area contributed by atoms with Crippen molar-refractivity contribution in [1.29, 1.82) is 5.26 Å². The maximum absolute atomic E-state index is 13.0. The van der Waals surface area contributed by atoms with Crippen LogP contribution in [0.4, 0.5) is 5.69 Å². The summed E-state index contributed by atoms with van der Waals surface area (Å²) in [6, 6.07) is 10.6. The number of terminal acetylenes is 1. The molecule has 1 aromatic rings. The molecule has 2 heterocycles. The number of carbonyl (C=O) groups excluding carboxylic acids is 2. The number of thioether (sulfide) groups is 2. The van der Waals surface area contributed by atoms with Crippen LogP contribution >= 0.6 is 23.5 Å². The fourth-order valence-electron chi connectivity index (χ4n) is 4.18. The number of nitriles is 1. The van der Waals surface area contributed by atoms with Gasteiger partial charge in [-0.3, -0.25) is 9.59 Å². The number of nitrogens with zero attached hydrogens (tertiary/aromatic N) is 3. The van der Waals surface area contributed by atoms with Gasteiger partial charge >= 0.3 is 0 Å². The summed E-state index contributed by atoms with van der Waals surface area (Å²) in [5.74, 6) is 3.94. The molecule has 3 rings (SSSR count). The molecular formula is C25H33N5O2S2. The molecule has 2 aliphatic heterocycles. The van der Waals surface area contributed by atoms with E-state index in [0.29, 0.717) is 13.1 Å². The zero-order valence-electron chi connectivity index (χ0n) is 19.7. The Morgan fingerprint density at radius 3 is 2.85 bits per heavy atom. The zero-order valence-corrected chi connectivity index (χ0v) is 21.3. The number of rotatable bonds is 11. The topological polar surface area (TPSA) is 88.5 Å². The highest BCUT2D eigenvalue weighted by atomic mass is 32.2. The lowest BCUT2D eigenvalue weighted by Crippen LogP contribution is -2.40. The van der Waals surface area contributed by atoms with E-state index in [-0.39, 0.29) is 35.4 Å². The van der Waals surface area contributed by atoms with Gasteiger partial charge in [-0.2, -0.15) is 17.0 Å². The smallest absolute Gasteiger partial charge is 0.238 e. The highest BCUT2D eigenvalue weighted by Gasteiger charge is 2.43. The molecule has 9 heteroatoms. The average molecular weight is 500 g/mol. The molecule has 34 heavy (non-hydrogen) atoms. The summed E-state index contributed by atoms with van der Waals surface area (Å²) in [6.07, 6.45) is 6.22. The van der Waals surface area contributed by atoms with Crippen LogP contribution in [0, 0.1) is 29.6 Å². The first kappa shape index (κ1) is 26.3. The van der Waals surface area contributed by atoms with Gasteiger partial charge in [0.05, 0.1) is 23.9 Å². The Morgan fingerprint density at radius 2 is 2.15 bits per heavy atom. The van der Waals surface area contributed by atoms with Gasteiger partial charge in [0, 0.05) is 56.3 Å². The number of nitrogens with one attached hydrogen (secondary N) is 2. The van der Waals surface area contributed by atoms with Gasteiger partial charge in [-0.1, -0.05) is 18.1 Å². The minimum absolute atomic E-state index is 0.00778. The van der Waals surface area contributed by atoms with Crippen LogP contribution < -0.4 is 10.6 Å². The fourth-order valence-corrected chi connectivity index (χ4v) is 6.68. The van der Waals surface area contributed by atoms with Gasteiger partial charge in [-0.05, 0) is 31.0 Å². The highest BCUT2D eigenvalue weighted by molar-refractivity contribution is 8.01. The third kappa shape index (κ3) is 7.33. The predicted molar refractivity (Wildman–Crippen MR) is 141 cm³/mol. The molecule has 0 saturated carbocycles. The second kappa shape index (κ2) is 13.5. The van der Waals surface area contributed by atoms with Gasteiger partial charge in [-0.15, -0.1) is 18.2 Å². The molecule has 0 spiro atoms. The summed E-state index contributed by atoms with van der Waals surface area (Å²) in [6.45, 7) is 6.40. The molecule has 0 radical (unpaired) electrons. The maximum Gasteiger partial charge on any atom is 0.238 e. The summed E-state index contributed by atoms with van der Waals surface area (Å²) in [4.78, 5) is 29.3. The molecule has 7 nitrogen and oxygen atoms in total. The molecule has 0 aromatic heterocycles. The number of anilines is 1.